The monoisotopic (exact) mass is 259 g/mol. The minimum atomic E-state index is -4.15. The van der Waals surface area contributed by atoms with Crippen molar-refractivity contribution in [1.29, 1.82) is 0 Å². The number of nitrogens with one attached hydrogen (secondary N) is 1. The highest BCUT2D eigenvalue weighted by Gasteiger charge is 2.32. The zero-order chi connectivity index (χ0) is 13.6. The van der Waals surface area contributed by atoms with Crippen molar-refractivity contribution in [3.05, 3.63) is 35.4 Å². The van der Waals surface area contributed by atoms with Gasteiger partial charge in [-0.05, 0) is 24.1 Å². The molecule has 1 nitrogen and oxygen atoms in total. The summed E-state index contributed by atoms with van der Waals surface area (Å²) in [6, 6.07) is 6.79. The van der Waals surface area contributed by atoms with Gasteiger partial charge < -0.3 is 5.32 Å². The van der Waals surface area contributed by atoms with Crippen LogP contribution in [0.4, 0.5) is 13.2 Å². The number of halogens is 3. The van der Waals surface area contributed by atoms with Gasteiger partial charge in [0.25, 0.3) is 0 Å². The molecule has 1 N–H and O–H groups in total. The summed E-state index contributed by atoms with van der Waals surface area (Å²) in [7, 11) is 0. The molecule has 102 valence electrons. The van der Waals surface area contributed by atoms with Gasteiger partial charge in [0.05, 0.1) is 6.42 Å². The Balaban J connectivity index is 2.87. The second-order valence-electron chi connectivity index (χ2n) is 4.42. The first-order valence-corrected chi connectivity index (χ1v) is 6.35. The average molecular weight is 259 g/mol. The van der Waals surface area contributed by atoms with Crippen LogP contribution in [0.5, 0.6) is 0 Å². The summed E-state index contributed by atoms with van der Waals surface area (Å²) in [4.78, 5) is 0. The number of alkyl halides is 3. The lowest BCUT2D eigenvalue weighted by molar-refractivity contribution is -0.140. The SMILES string of the molecule is CCCc1cccc(C(CC(F)(F)F)NCC)c1. The molecule has 0 aliphatic rings. The molecule has 0 aliphatic carbocycles. The van der Waals surface area contributed by atoms with Gasteiger partial charge in [-0.15, -0.1) is 0 Å². The van der Waals surface area contributed by atoms with E-state index in [1.165, 1.54) is 0 Å². The quantitative estimate of drug-likeness (QED) is 0.805. The molecule has 0 heterocycles. The van der Waals surface area contributed by atoms with Crippen molar-refractivity contribution in [1.82, 2.24) is 5.32 Å². The third-order valence-corrected chi connectivity index (χ3v) is 2.78. The van der Waals surface area contributed by atoms with Gasteiger partial charge >= 0.3 is 6.18 Å². The molecule has 0 saturated heterocycles. The van der Waals surface area contributed by atoms with Gasteiger partial charge in [-0.25, -0.2) is 0 Å². The molecule has 0 radical (unpaired) electrons. The van der Waals surface area contributed by atoms with E-state index in [1.54, 1.807) is 6.07 Å². The van der Waals surface area contributed by atoms with Crippen molar-refractivity contribution in [3.8, 4) is 0 Å². The lowest BCUT2D eigenvalue weighted by Gasteiger charge is -2.20. The average Bonchev–Trinajstić information content (AvgIpc) is 2.28. The van der Waals surface area contributed by atoms with Gasteiger partial charge in [-0.2, -0.15) is 13.2 Å². The maximum atomic E-state index is 12.5. The van der Waals surface area contributed by atoms with E-state index in [4.69, 9.17) is 0 Å². The molecule has 1 atom stereocenters. The van der Waals surface area contributed by atoms with Crippen molar-refractivity contribution in [3.63, 3.8) is 0 Å². The van der Waals surface area contributed by atoms with Crippen molar-refractivity contribution in [2.24, 2.45) is 0 Å². The van der Waals surface area contributed by atoms with Crippen molar-refractivity contribution in [2.75, 3.05) is 6.54 Å². The fourth-order valence-corrected chi connectivity index (χ4v) is 2.04. The van der Waals surface area contributed by atoms with Gasteiger partial charge in [0.15, 0.2) is 0 Å². The number of benzene rings is 1. The van der Waals surface area contributed by atoms with Gasteiger partial charge in [0.2, 0.25) is 0 Å². The Morgan fingerprint density at radius 3 is 2.50 bits per heavy atom. The summed E-state index contributed by atoms with van der Waals surface area (Å²) in [5.41, 5.74) is 1.82. The van der Waals surface area contributed by atoms with E-state index in [9.17, 15) is 13.2 Å². The fourth-order valence-electron chi connectivity index (χ4n) is 2.04. The van der Waals surface area contributed by atoms with Crippen LogP contribution in [0, 0.1) is 0 Å². The molecule has 18 heavy (non-hydrogen) atoms. The van der Waals surface area contributed by atoms with Crippen LogP contribution in [0.3, 0.4) is 0 Å². The standard InChI is InChI=1S/C14H20F3N/c1-3-6-11-7-5-8-12(9-11)13(18-4-2)10-14(15,16)17/h5,7-9,13,18H,3-4,6,10H2,1-2H3. The van der Waals surface area contributed by atoms with E-state index in [0.29, 0.717) is 6.54 Å². The van der Waals surface area contributed by atoms with Crippen LogP contribution in [0.2, 0.25) is 0 Å². The van der Waals surface area contributed by atoms with E-state index in [-0.39, 0.29) is 0 Å². The highest BCUT2D eigenvalue weighted by Crippen LogP contribution is 2.29. The van der Waals surface area contributed by atoms with Crippen LogP contribution in [-0.2, 0) is 6.42 Å². The highest BCUT2D eigenvalue weighted by molar-refractivity contribution is 5.26. The Kier molecular flexibility index (Phi) is 5.66. The van der Waals surface area contributed by atoms with E-state index in [2.05, 4.69) is 12.2 Å². The lowest BCUT2D eigenvalue weighted by atomic mass is 9.99. The van der Waals surface area contributed by atoms with E-state index < -0.39 is 18.6 Å². The first-order chi connectivity index (χ1) is 8.46. The molecule has 0 saturated carbocycles. The molecule has 1 unspecified atom stereocenters. The van der Waals surface area contributed by atoms with Crippen LogP contribution in [0.25, 0.3) is 0 Å². The topological polar surface area (TPSA) is 12.0 Å². The minimum absolute atomic E-state index is 0.527. The van der Waals surface area contributed by atoms with E-state index in [0.717, 1.165) is 24.0 Å². The summed E-state index contributed by atoms with van der Waals surface area (Å²) in [5.74, 6) is 0. The molecule has 1 rings (SSSR count). The second kappa shape index (κ2) is 6.78. The van der Waals surface area contributed by atoms with Gasteiger partial charge in [0.1, 0.15) is 0 Å². The predicted molar refractivity (Wildman–Crippen MR) is 67.5 cm³/mol. The first kappa shape index (κ1) is 15.0. The smallest absolute Gasteiger partial charge is 0.310 e. The molecule has 1 aromatic carbocycles. The van der Waals surface area contributed by atoms with Crippen LogP contribution in [0.15, 0.2) is 24.3 Å². The molecule has 0 aliphatic heterocycles. The summed E-state index contributed by atoms with van der Waals surface area (Å²) >= 11 is 0. The van der Waals surface area contributed by atoms with Gasteiger partial charge in [0, 0.05) is 6.04 Å². The van der Waals surface area contributed by atoms with Crippen LogP contribution in [-0.4, -0.2) is 12.7 Å². The summed E-state index contributed by atoms with van der Waals surface area (Å²) in [6.45, 7) is 4.40. The lowest BCUT2D eigenvalue weighted by Crippen LogP contribution is -2.26. The summed E-state index contributed by atoms with van der Waals surface area (Å²) in [6.07, 6.45) is -3.07. The first-order valence-electron chi connectivity index (χ1n) is 6.35. The molecule has 0 aromatic heterocycles. The Hall–Kier alpha value is -1.03. The molecule has 1 aromatic rings. The number of rotatable bonds is 6. The molecule has 4 heteroatoms. The van der Waals surface area contributed by atoms with Crippen molar-refractivity contribution in [2.45, 2.75) is 45.3 Å². The normalized spacial score (nSPS) is 13.6. The van der Waals surface area contributed by atoms with Crippen molar-refractivity contribution >= 4 is 0 Å². The van der Waals surface area contributed by atoms with Crippen LogP contribution < -0.4 is 5.32 Å². The third-order valence-electron chi connectivity index (χ3n) is 2.78. The van der Waals surface area contributed by atoms with Crippen molar-refractivity contribution < 1.29 is 13.2 Å². The molecule has 0 fully saturated rings. The molecule has 0 spiro atoms. The van der Waals surface area contributed by atoms with E-state index in [1.807, 2.05) is 25.1 Å². The Bertz CT molecular complexity index is 360. The Morgan fingerprint density at radius 1 is 1.22 bits per heavy atom. The molecule has 0 amide bonds. The second-order valence-corrected chi connectivity index (χ2v) is 4.42. The number of hydrogen-bond donors (Lipinski definition) is 1. The van der Waals surface area contributed by atoms with Gasteiger partial charge in [-0.3, -0.25) is 0 Å². The zero-order valence-electron chi connectivity index (χ0n) is 10.8. The number of aryl methyl sites for hydroxylation is 1. The highest BCUT2D eigenvalue weighted by atomic mass is 19.4. The maximum absolute atomic E-state index is 12.5. The predicted octanol–water partition coefficient (Wildman–Crippen LogP) is 4.24. The largest absolute Gasteiger partial charge is 0.390 e. The Labute approximate surface area is 106 Å². The fraction of sp³-hybridized carbons (Fsp3) is 0.571. The van der Waals surface area contributed by atoms with Crippen LogP contribution in [0.1, 0.15) is 43.9 Å². The zero-order valence-corrected chi connectivity index (χ0v) is 10.8. The summed E-state index contributed by atoms with van der Waals surface area (Å²) in [5, 5.41) is 2.90. The van der Waals surface area contributed by atoms with Gasteiger partial charge in [-0.1, -0.05) is 44.5 Å². The minimum Gasteiger partial charge on any atom is -0.310 e. The molecular weight excluding hydrogens is 239 g/mol. The van der Waals surface area contributed by atoms with Crippen LogP contribution >= 0.6 is 0 Å². The Morgan fingerprint density at radius 2 is 1.94 bits per heavy atom. The molecular formula is C14H20F3N. The molecule has 0 bridgehead atoms. The third kappa shape index (κ3) is 5.08. The van der Waals surface area contributed by atoms with E-state index >= 15 is 0 Å². The maximum Gasteiger partial charge on any atom is 0.390 e. The summed E-state index contributed by atoms with van der Waals surface area (Å²) < 4.78 is 37.6. The number of hydrogen-bond acceptors (Lipinski definition) is 1.